The van der Waals surface area contributed by atoms with E-state index >= 15 is 0 Å². The highest BCUT2D eigenvalue weighted by molar-refractivity contribution is 5.90. The summed E-state index contributed by atoms with van der Waals surface area (Å²) in [7, 11) is 0. The Morgan fingerprint density at radius 2 is 1.89 bits per heavy atom. The number of nitrogens with zero attached hydrogens (tertiary/aromatic N) is 1. The Hall–Kier alpha value is -1.10. The number of carbonyl (C=O) groups is 2. The molecule has 0 radical (unpaired) electrons. The van der Waals surface area contributed by atoms with Crippen LogP contribution < -0.4 is 0 Å². The van der Waals surface area contributed by atoms with Gasteiger partial charge >= 0.3 is 5.97 Å². The van der Waals surface area contributed by atoms with Crippen molar-refractivity contribution >= 4 is 11.9 Å². The summed E-state index contributed by atoms with van der Waals surface area (Å²) < 4.78 is 5.85. The Balaban J connectivity index is 1.71. The fourth-order valence-corrected chi connectivity index (χ4v) is 3.38. The summed E-state index contributed by atoms with van der Waals surface area (Å²) in [5.74, 6) is -1.60. The van der Waals surface area contributed by atoms with Crippen LogP contribution in [0.25, 0.3) is 0 Å². The topological polar surface area (TPSA) is 66.8 Å². The van der Waals surface area contributed by atoms with Crippen LogP contribution >= 0.6 is 0 Å². The molecule has 0 aromatic rings. The maximum Gasteiger partial charge on any atom is 0.307 e. The van der Waals surface area contributed by atoms with Crippen LogP contribution in [0.3, 0.4) is 0 Å². The van der Waals surface area contributed by atoms with E-state index in [0.29, 0.717) is 19.6 Å². The molecule has 0 aromatic carbocycles. The number of carboxylic acids is 1. The fraction of sp³-hybridized carbons (Fsp3) is 0.846. The van der Waals surface area contributed by atoms with Gasteiger partial charge in [0.1, 0.15) is 5.72 Å². The average Bonchev–Trinajstić information content (AvgIpc) is 3.08. The van der Waals surface area contributed by atoms with Crippen molar-refractivity contribution in [1.82, 2.24) is 4.90 Å². The highest BCUT2D eigenvalue weighted by atomic mass is 16.5. The normalized spacial score (nSPS) is 33.7. The van der Waals surface area contributed by atoms with Crippen LogP contribution in [0.15, 0.2) is 0 Å². The molecule has 1 aliphatic heterocycles. The van der Waals surface area contributed by atoms with Crippen LogP contribution in [0, 0.1) is 11.8 Å². The summed E-state index contributed by atoms with van der Waals surface area (Å²) in [6.07, 6.45) is 5.70. The van der Waals surface area contributed by atoms with Gasteiger partial charge in [-0.25, -0.2) is 0 Å². The van der Waals surface area contributed by atoms with Crippen LogP contribution in [-0.2, 0) is 14.3 Å². The number of carbonyl (C=O) groups excluding carboxylic acids is 1. The van der Waals surface area contributed by atoms with Crippen molar-refractivity contribution in [2.45, 2.75) is 44.2 Å². The number of hydrogen-bond donors (Lipinski definition) is 1. The van der Waals surface area contributed by atoms with Gasteiger partial charge in [-0.1, -0.05) is 6.42 Å². The van der Waals surface area contributed by atoms with Crippen molar-refractivity contribution in [3.63, 3.8) is 0 Å². The minimum atomic E-state index is -0.842. The Bertz CT molecular complexity index is 375. The predicted octanol–water partition coefficient (Wildman–Crippen LogP) is 1.23. The van der Waals surface area contributed by atoms with Gasteiger partial charge in [0.2, 0.25) is 5.91 Å². The Morgan fingerprint density at radius 3 is 2.50 bits per heavy atom. The second-order valence-electron chi connectivity index (χ2n) is 5.63. The first kappa shape index (κ1) is 12.0. The van der Waals surface area contributed by atoms with Crippen LogP contribution in [-0.4, -0.2) is 40.8 Å². The van der Waals surface area contributed by atoms with Crippen LogP contribution in [0.1, 0.15) is 38.5 Å². The first-order valence-corrected chi connectivity index (χ1v) is 6.82. The quantitative estimate of drug-likeness (QED) is 0.803. The van der Waals surface area contributed by atoms with Crippen LogP contribution in [0.5, 0.6) is 0 Å². The van der Waals surface area contributed by atoms with E-state index in [1.807, 2.05) is 4.90 Å². The van der Waals surface area contributed by atoms with Crippen molar-refractivity contribution < 1.29 is 19.4 Å². The molecule has 0 bridgehead atoms. The molecule has 0 aromatic heterocycles. The van der Waals surface area contributed by atoms with Crippen molar-refractivity contribution in [2.75, 3.05) is 13.2 Å². The number of amides is 1. The van der Waals surface area contributed by atoms with Crippen LogP contribution in [0.4, 0.5) is 0 Å². The van der Waals surface area contributed by atoms with E-state index < -0.39 is 17.6 Å². The van der Waals surface area contributed by atoms with Gasteiger partial charge in [0, 0.05) is 6.54 Å². The Morgan fingerprint density at radius 1 is 1.17 bits per heavy atom. The van der Waals surface area contributed by atoms with E-state index in [4.69, 9.17) is 9.84 Å². The first-order chi connectivity index (χ1) is 8.64. The largest absolute Gasteiger partial charge is 0.481 e. The number of ether oxygens (including phenoxy) is 1. The van der Waals surface area contributed by atoms with Gasteiger partial charge in [0.25, 0.3) is 0 Å². The van der Waals surface area contributed by atoms with Gasteiger partial charge < -0.3 is 14.7 Å². The molecular weight excluding hydrogens is 234 g/mol. The molecule has 3 rings (SSSR count). The summed E-state index contributed by atoms with van der Waals surface area (Å²) in [6.45, 7) is 1.22. The summed E-state index contributed by atoms with van der Waals surface area (Å²) in [5, 5.41) is 8.92. The lowest BCUT2D eigenvalue weighted by Crippen LogP contribution is -2.50. The number of hydrogen-bond acceptors (Lipinski definition) is 3. The number of aliphatic carboxylic acids is 1. The molecule has 2 saturated carbocycles. The van der Waals surface area contributed by atoms with Crippen molar-refractivity contribution in [3.05, 3.63) is 0 Å². The van der Waals surface area contributed by atoms with Crippen LogP contribution in [0.2, 0.25) is 0 Å². The lowest BCUT2D eigenvalue weighted by atomic mass is 9.90. The van der Waals surface area contributed by atoms with E-state index in [2.05, 4.69) is 0 Å². The minimum Gasteiger partial charge on any atom is -0.481 e. The van der Waals surface area contributed by atoms with E-state index in [0.717, 1.165) is 25.7 Å². The molecule has 1 N–H and O–H groups in total. The van der Waals surface area contributed by atoms with Crippen molar-refractivity contribution in [1.29, 1.82) is 0 Å². The summed E-state index contributed by atoms with van der Waals surface area (Å²) in [6, 6.07) is 0. The SMILES string of the molecule is O=C(O)[C@@H]1C[C@@H]1C(=O)N1CCOC12CCCCC2. The molecular formula is C13H19NO4. The fourth-order valence-electron chi connectivity index (χ4n) is 3.38. The Labute approximate surface area is 106 Å². The molecule has 1 amide bonds. The minimum absolute atomic E-state index is 0.00167. The summed E-state index contributed by atoms with van der Waals surface area (Å²) in [4.78, 5) is 25.1. The molecule has 5 heteroatoms. The molecule has 2 atom stereocenters. The van der Waals surface area contributed by atoms with E-state index in [9.17, 15) is 9.59 Å². The third-order valence-corrected chi connectivity index (χ3v) is 4.50. The van der Waals surface area contributed by atoms with Crippen molar-refractivity contribution in [2.24, 2.45) is 11.8 Å². The molecule has 5 nitrogen and oxygen atoms in total. The molecule has 1 heterocycles. The molecule has 1 spiro atoms. The lowest BCUT2D eigenvalue weighted by Gasteiger charge is -2.40. The zero-order valence-electron chi connectivity index (χ0n) is 10.4. The van der Waals surface area contributed by atoms with Gasteiger partial charge in [-0.2, -0.15) is 0 Å². The highest BCUT2D eigenvalue weighted by Crippen LogP contribution is 2.45. The zero-order valence-corrected chi connectivity index (χ0v) is 10.4. The first-order valence-electron chi connectivity index (χ1n) is 6.82. The van der Waals surface area contributed by atoms with Crippen molar-refractivity contribution in [3.8, 4) is 0 Å². The smallest absolute Gasteiger partial charge is 0.307 e. The molecule has 18 heavy (non-hydrogen) atoms. The van der Waals surface area contributed by atoms with Gasteiger partial charge in [-0.3, -0.25) is 9.59 Å². The van der Waals surface area contributed by atoms with E-state index in [-0.39, 0.29) is 11.8 Å². The monoisotopic (exact) mass is 253 g/mol. The van der Waals surface area contributed by atoms with Gasteiger partial charge in [-0.15, -0.1) is 0 Å². The van der Waals surface area contributed by atoms with Gasteiger partial charge in [0.15, 0.2) is 0 Å². The number of rotatable bonds is 2. The summed E-state index contributed by atoms with van der Waals surface area (Å²) >= 11 is 0. The van der Waals surface area contributed by atoms with E-state index in [1.54, 1.807) is 0 Å². The molecule has 100 valence electrons. The molecule has 1 saturated heterocycles. The Kier molecular flexibility index (Phi) is 2.81. The summed E-state index contributed by atoms with van der Waals surface area (Å²) in [5.41, 5.74) is -0.402. The second kappa shape index (κ2) is 4.23. The maximum atomic E-state index is 12.4. The predicted molar refractivity (Wildman–Crippen MR) is 62.7 cm³/mol. The number of carboxylic acid groups (broad SMARTS) is 1. The third-order valence-electron chi connectivity index (χ3n) is 4.50. The standard InChI is InChI=1S/C13H19NO4/c15-11(9-8-10(9)12(16)17)14-6-7-18-13(14)4-2-1-3-5-13/h9-10H,1-8H2,(H,16,17)/t9-,10+/m0/s1. The molecule has 3 aliphatic rings. The molecule has 0 unspecified atom stereocenters. The second-order valence-corrected chi connectivity index (χ2v) is 5.63. The van der Waals surface area contributed by atoms with E-state index in [1.165, 1.54) is 6.42 Å². The average molecular weight is 253 g/mol. The molecule has 2 aliphatic carbocycles. The lowest BCUT2D eigenvalue weighted by molar-refractivity contribution is -0.158. The van der Waals surface area contributed by atoms with Gasteiger partial charge in [0.05, 0.1) is 18.4 Å². The zero-order chi connectivity index (χ0) is 12.8. The third kappa shape index (κ3) is 1.81. The highest BCUT2D eigenvalue weighted by Gasteiger charge is 2.54. The van der Waals surface area contributed by atoms with Gasteiger partial charge in [-0.05, 0) is 32.1 Å². The molecule has 3 fully saturated rings. The maximum absolute atomic E-state index is 12.4.